The Labute approximate surface area is 210 Å². The number of hydrogen-bond donors (Lipinski definition) is 2. The minimum absolute atomic E-state index is 0.103. The van der Waals surface area contributed by atoms with E-state index < -0.39 is 24.5 Å². The van der Waals surface area contributed by atoms with Gasteiger partial charge < -0.3 is 20.1 Å². The zero-order valence-corrected chi connectivity index (χ0v) is 20.9. The molecular formula is C27H32N2O5S. The monoisotopic (exact) mass is 496 g/mol. The van der Waals surface area contributed by atoms with E-state index in [4.69, 9.17) is 4.74 Å². The lowest BCUT2D eigenvalue weighted by Crippen LogP contribution is -2.52. The quantitative estimate of drug-likeness (QED) is 0.559. The molecule has 1 saturated heterocycles. The molecular weight excluding hydrogens is 464 g/mol. The number of carbonyl (C=O) groups is 3. The number of piperidine rings is 1. The summed E-state index contributed by atoms with van der Waals surface area (Å²) < 4.78 is 5.53. The second-order valence-corrected chi connectivity index (χ2v) is 11.2. The largest absolute Gasteiger partial charge is 0.481 e. The summed E-state index contributed by atoms with van der Waals surface area (Å²) in [5.74, 6) is -1.62. The molecule has 1 aliphatic carbocycles. The van der Waals surface area contributed by atoms with Crippen LogP contribution in [0.5, 0.6) is 0 Å². The van der Waals surface area contributed by atoms with Gasteiger partial charge in [-0.1, -0.05) is 62.4 Å². The van der Waals surface area contributed by atoms with Gasteiger partial charge in [0.15, 0.2) is 0 Å². The highest BCUT2D eigenvalue weighted by Crippen LogP contribution is 2.44. The van der Waals surface area contributed by atoms with E-state index >= 15 is 0 Å². The topological polar surface area (TPSA) is 95.9 Å². The maximum Gasteiger partial charge on any atom is 0.407 e. The van der Waals surface area contributed by atoms with Crippen LogP contribution in [0.3, 0.4) is 0 Å². The average molecular weight is 497 g/mol. The molecule has 1 heterocycles. The molecule has 2 aromatic carbocycles. The Hall–Kier alpha value is -3.00. The van der Waals surface area contributed by atoms with Gasteiger partial charge in [0.25, 0.3) is 0 Å². The fourth-order valence-electron chi connectivity index (χ4n) is 4.97. The van der Waals surface area contributed by atoms with Crippen LogP contribution in [-0.2, 0) is 14.3 Å². The van der Waals surface area contributed by atoms with Crippen LogP contribution in [0.25, 0.3) is 11.1 Å². The first kappa shape index (κ1) is 25.1. The number of fused-ring (bicyclic) bond motifs is 3. The van der Waals surface area contributed by atoms with E-state index in [0.29, 0.717) is 23.6 Å². The van der Waals surface area contributed by atoms with Crippen LogP contribution in [0.4, 0.5) is 4.79 Å². The molecule has 2 aromatic rings. The molecule has 8 heteroatoms. The van der Waals surface area contributed by atoms with E-state index in [2.05, 4.69) is 31.3 Å². The van der Waals surface area contributed by atoms with Crippen molar-refractivity contribution in [1.29, 1.82) is 0 Å². The third kappa shape index (κ3) is 5.99. The van der Waals surface area contributed by atoms with E-state index in [1.165, 1.54) is 0 Å². The van der Waals surface area contributed by atoms with Crippen molar-refractivity contribution in [2.45, 2.75) is 55.6 Å². The average Bonchev–Trinajstić information content (AvgIpc) is 3.15. The Morgan fingerprint density at radius 2 is 1.60 bits per heavy atom. The maximum absolute atomic E-state index is 13.1. The number of carbonyl (C=O) groups excluding carboxylic acids is 2. The SMILES string of the molecule is CC(C)SC1CCN(C(=O)C(CC(=O)O)NC(=O)OCC2c3ccccc3-c3ccccc32)CC1. The smallest absolute Gasteiger partial charge is 0.407 e. The van der Waals surface area contributed by atoms with Crippen LogP contribution >= 0.6 is 11.8 Å². The van der Waals surface area contributed by atoms with Gasteiger partial charge in [0, 0.05) is 24.3 Å². The molecule has 1 unspecified atom stereocenters. The summed E-state index contributed by atoms with van der Waals surface area (Å²) in [7, 11) is 0. The van der Waals surface area contributed by atoms with Gasteiger partial charge in [0.1, 0.15) is 12.6 Å². The van der Waals surface area contributed by atoms with Gasteiger partial charge in [-0.25, -0.2) is 4.79 Å². The normalized spacial score (nSPS) is 16.5. The van der Waals surface area contributed by atoms with Crippen LogP contribution in [0.1, 0.15) is 50.2 Å². The Balaban J connectivity index is 1.37. The van der Waals surface area contributed by atoms with Crippen LogP contribution in [0.15, 0.2) is 48.5 Å². The lowest BCUT2D eigenvalue weighted by atomic mass is 9.98. The number of rotatable bonds is 8. The molecule has 186 valence electrons. The number of thioether (sulfide) groups is 1. The van der Waals surface area contributed by atoms with Gasteiger partial charge in [-0.3, -0.25) is 9.59 Å². The summed E-state index contributed by atoms with van der Waals surface area (Å²) >= 11 is 1.91. The van der Waals surface area contributed by atoms with Crippen molar-refractivity contribution in [2.24, 2.45) is 0 Å². The number of aliphatic carboxylic acids is 1. The van der Waals surface area contributed by atoms with Crippen molar-refractivity contribution in [1.82, 2.24) is 10.2 Å². The first-order chi connectivity index (χ1) is 16.8. The van der Waals surface area contributed by atoms with Gasteiger partial charge in [-0.15, -0.1) is 0 Å². The number of nitrogens with zero attached hydrogens (tertiary/aromatic N) is 1. The Morgan fingerprint density at radius 3 is 2.14 bits per heavy atom. The van der Waals surface area contributed by atoms with E-state index in [0.717, 1.165) is 35.1 Å². The molecule has 35 heavy (non-hydrogen) atoms. The number of hydrogen-bond acceptors (Lipinski definition) is 5. The van der Waals surface area contributed by atoms with Crippen molar-refractivity contribution in [3.05, 3.63) is 59.7 Å². The summed E-state index contributed by atoms with van der Waals surface area (Å²) in [6, 6.07) is 14.9. The first-order valence-corrected chi connectivity index (χ1v) is 13.0. The minimum atomic E-state index is -1.16. The second kappa shape index (κ2) is 11.2. The molecule has 2 aliphatic rings. The number of benzene rings is 2. The predicted octanol–water partition coefficient (Wildman–Crippen LogP) is 4.50. The van der Waals surface area contributed by atoms with E-state index in [1.54, 1.807) is 4.90 Å². The Bertz CT molecular complexity index is 1040. The fourth-order valence-corrected chi connectivity index (χ4v) is 6.23. The second-order valence-electron chi connectivity index (χ2n) is 9.33. The third-order valence-electron chi connectivity index (χ3n) is 6.53. The highest BCUT2D eigenvalue weighted by molar-refractivity contribution is 8.00. The maximum atomic E-state index is 13.1. The van der Waals surface area contributed by atoms with Crippen molar-refractivity contribution < 1.29 is 24.2 Å². The van der Waals surface area contributed by atoms with Crippen molar-refractivity contribution >= 4 is 29.7 Å². The number of likely N-dealkylation sites (tertiary alicyclic amines) is 1. The van der Waals surface area contributed by atoms with Crippen molar-refractivity contribution in [3.63, 3.8) is 0 Å². The van der Waals surface area contributed by atoms with E-state index in [1.807, 2.05) is 48.2 Å². The number of carboxylic acid groups (broad SMARTS) is 1. The number of alkyl carbamates (subject to hydrolysis) is 1. The van der Waals surface area contributed by atoms with Gasteiger partial charge >= 0.3 is 12.1 Å². The molecule has 0 saturated carbocycles. The molecule has 2 N–H and O–H groups in total. The highest BCUT2D eigenvalue weighted by Gasteiger charge is 2.33. The van der Waals surface area contributed by atoms with Crippen LogP contribution < -0.4 is 5.32 Å². The molecule has 0 spiro atoms. The molecule has 0 radical (unpaired) electrons. The lowest BCUT2D eigenvalue weighted by Gasteiger charge is -2.34. The van der Waals surface area contributed by atoms with E-state index in [-0.39, 0.29) is 18.4 Å². The van der Waals surface area contributed by atoms with Gasteiger partial charge in [-0.05, 0) is 40.3 Å². The zero-order chi connectivity index (χ0) is 24.9. The van der Waals surface area contributed by atoms with Crippen LogP contribution in [0.2, 0.25) is 0 Å². The number of amides is 2. The van der Waals surface area contributed by atoms with Gasteiger partial charge in [0.2, 0.25) is 5.91 Å². The summed E-state index contributed by atoms with van der Waals surface area (Å²) in [6.45, 7) is 5.54. The minimum Gasteiger partial charge on any atom is -0.481 e. The third-order valence-corrected chi connectivity index (χ3v) is 7.93. The van der Waals surface area contributed by atoms with Gasteiger partial charge in [-0.2, -0.15) is 11.8 Å². The lowest BCUT2D eigenvalue weighted by molar-refractivity contribution is -0.142. The molecule has 7 nitrogen and oxygen atoms in total. The van der Waals surface area contributed by atoms with Crippen molar-refractivity contribution in [3.8, 4) is 11.1 Å². The molecule has 4 rings (SSSR count). The number of ether oxygens (including phenoxy) is 1. The molecule has 2 amide bonds. The van der Waals surface area contributed by atoms with E-state index in [9.17, 15) is 19.5 Å². The fraction of sp³-hybridized carbons (Fsp3) is 0.444. The predicted molar refractivity (Wildman–Crippen MR) is 137 cm³/mol. The standard InChI is InChI=1S/C27H32N2O5S/c1-17(2)35-18-11-13-29(14-12-18)26(32)24(15-25(30)31)28-27(33)34-16-23-21-9-5-3-7-19(21)20-8-4-6-10-22(20)23/h3-10,17-18,23-24H,11-16H2,1-2H3,(H,28,33)(H,30,31). The molecule has 0 aromatic heterocycles. The molecule has 1 atom stereocenters. The van der Waals surface area contributed by atoms with Gasteiger partial charge in [0.05, 0.1) is 6.42 Å². The zero-order valence-electron chi connectivity index (χ0n) is 20.1. The molecule has 0 bridgehead atoms. The van der Waals surface area contributed by atoms with Crippen LogP contribution in [0, 0.1) is 0 Å². The highest BCUT2D eigenvalue weighted by atomic mass is 32.2. The summed E-state index contributed by atoms with van der Waals surface area (Å²) in [5.41, 5.74) is 4.41. The summed E-state index contributed by atoms with van der Waals surface area (Å²) in [5, 5.41) is 12.9. The van der Waals surface area contributed by atoms with Crippen LogP contribution in [-0.4, -0.2) is 64.2 Å². The Morgan fingerprint density at radius 1 is 1.03 bits per heavy atom. The first-order valence-electron chi connectivity index (χ1n) is 12.1. The Kier molecular flexibility index (Phi) is 8.00. The molecule has 1 fully saturated rings. The summed E-state index contributed by atoms with van der Waals surface area (Å²) in [6.07, 6.45) is 0.458. The molecule has 1 aliphatic heterocycles. The number of nitrogens with one attached hydrogen (secondary N) is 1. The van der Waals surface area contributed by atoms with Crippen molar-refractivity contribution in [2.75, 3.05) is 19.7 Å². The number of carboxylic acids is 1. The summed E-state index contributed by atoms with van der Waals surface area (Å²) in [4.78, 5) is 38.8.